The Kier molecular flexibility index (Phi) is 3.21. The van der Waals surface area contributed by atoms with Gasteiger partial charge in [-0.1, -0.05) is 0 Å². The predicted molar refractivity (Wildman–Crippen MR) is 74.0 cm³/mol. The quantitative estimate of drug-likeness (QED) is 0.791. The smallest absolute Gasteiger partial charge is 0.276 e. The molecule has 0 bridgehead atoms. The molecule has 0 radical (unpaired) electrons. The molecule has 0 saturated heterocycles. The molecule has 0 saturated carbocycles. The second-order valence-corrected chi connectivity index (χ2v) is 5.00. The summed E-state index contributed by atoms with van der Waals surface area (Å²) in [5, 5.41) is 5.25. The van der Waals surface area contributed by atoms with Crippen LogP contribution in [0, 0.1) is 6.92 Å². The molecule has 0 spiro atoms. The van der Waals surface area contributed by atoms with Crippen molar-refractivity contribution < 1.29 is 4.79 Å². The van der Waals surface area contributed by atoms with E-state index in [4.69, 9.17) is 0 Å². The predicted octanol–water partition coefficient (Wildman–Crippen LogP) is 1.68. The van der Waals surface area contributed by atoms with Crippen molar-refractivity contribution in [3.8, 4) is 5.82 Å². The maximum absolute atomic E-state index is 12.0. The minimum Gasteiger partial charge on any atom is -0.305 e. The molecule has 1 amide bonds. The molecule has 0 aliphatic heterocycles. The molecule has 1 N–H and O–H groups in total. The van der Waals surface area contributed by atoms with Crippen LogP contribution in [0.4, 0.5) is 5.82 Å². The zero-order valence-electron chi connectivity index (χ0n) is 10.5. The molecule has 0 fully saturated rings. The summed E-state index contributed by atoms with van der Waals surface area (Å²) in [5.41, 5.74) is 0.385. The van der Waals surface area contributed by atoms with Gasteiger partial charge in [0.2, 0.25) is 0 Å². The summed E-state index contributed by atoms with van der Waals surface area (Å²) in [5.74, 6) is 0.756. The van der Waals surface area contributed by atoms with Gasteiger partial charge in [-0.05, 0) is 6.92 Å². The average Bonchev–Trinajstić information content (AvgIpc) is 3.10. The van der Waals surface area contributed by atoms with Crippen molar-refractivity contribution in [2.24, 2.45) is 0 Å². The number of thiazole rings is 1. The van der Waals surface area contributed by atoms with Crippen LogP contribution < -0.4 is 5.32 Å². The third kappa shape index (κ3) is 2.54. The van der Waals surface area contributed by atoms with Crippen LogP contribution in [-0.4, -0.2) is 30.4 Å². The highest BCUT2D eigenvalue weighted by Gasteiger charge is 2.11. The van der Waals surface area contributed by atoms with E-state index in [9.17, 15) is 4.79 Å². The summed E-state index contributed by atoms with van der Waals surface area (Å²) in [6.07, 6.45) is 6.42. The minimum absolute atomic E-state index is 0.287. The molecule has 3 rings (SSSR count). The number of rotatable bonds is 3. The summed E-state index contributed by atoms with van der Waals surface area (Å²) in [6.45, 7) is 1.85. The molecule has 0 aliphatic rings. The molecule has 100 valence electrons. The third-order valence-corrected chi connectivity index (χ3v) is 3.29. The molecule has 0 aliphatic carbocycles. The highest BCUT2D eigenvalue weighted by molar-refractivity contribution is 7.09. The SMILES string of the molecule is Cc1nc(C(=O)Nc2cc(-n3ccnc3)ncn2)cs1. The molecule has 7 nitrogen and oxygen atoms in total. The van der Waals surface area contributed by atoms with E-state index < -0.39 is 0 Å². The van der Waals surface area contributed by atoms with Gasteiger partial charge < -0.3 is 5.32 Å². The molecule has 0 unspecified atom stereocenters. The largest absolute Gasteiger partial charge is 0.305 e. The summed E-state index contributed by atoms with van der Waals surface area (Å²) < 4.78 is 1.73. The van der Waals surface area contributed by atoms with Crippen LogP contribution in [0.15, 0.2) is 36.5 Å². The molecule has 3 aromatic rings. The summed E-state index contributed by atoms with van der Waals surface area (Å²) in [6, 6.07) is 1.67. The zero-order valence-corrected chi connectivity index (χ0v) is 11.3. The Labute approximate surface area is 118 Å². The van der Waals surface area contributed by atoms with Crippen molar-refractivity contribution >= 4 is 23.1 Å². The van der Waals surface area contributed by atoms with Gasteiger partial charge in [0.15, 0.2) is 0 Å². The van der Waals surface area contributed by atoms with E-state index in [1.807, 2.05) is 6.92 Å². The fraction of sp³-hybridized carbons (Fsp3) is 0.0833. The van der Waals surface area contributed by atoms with Gasteiger partial charge in [-0.25, -0.2) is 19.9 Å². The van der Waals surface area contributed by atoms with E-state index in [-0.39, 0.29) is 5.91 Å². The fourth-order valence-electron chi connectivity index (χ4n) is 1.60. The van der Waals surface area contributed by atoms with Gasteiger partial charge in [-0.3, -0.25) is 9.36 Å². The highest BCUT2D eigenvalue weighted by Crippen LogP contribution is 2.12. The Morgan fingerprint density at radius 2 is 2.30 bits per heavy atom. The Bertz CT molecular complexity index is 736. The van der Waals surface area contributed by atoms with Crippen LogP contribution in [0.5, 0.6) is 0 Å². The number of carbonyl (C=O) groups is 1. The topological polar surface area (TPSA) is 85.6 Å². The van der Waals surface area contributed by atoms with Crippen molar-refractivity contribution in [2.75, 3.05) is 5.32 Å². The van der Waals surface area contributed by atoms with E-state index in [0.717, 1.165) is 5.01 Å². The first-order chi connectivity index (χ1) is 9.72. The number of anilines is 1. The van der Waals surface area contributed by atoms with Crippen molar-refractivity contribution in [1.29, 1.82) is 0 Å². The highest BCUT2D eigenvalue weighted by atomic mass is 32.1. The number of aromatic nitrogens is 5. The molecular formula is C12H10N6OS. The van der Waals surface area contributed by atoms with Crippen molar-refractivity contribution in [3.05, 3.63) is 47.2 Å². The Hall–Kier alpha value is -2.61. The fourth-order valence-corrected chi connectivity index (χ4v) is 2.19. The second-order valence-electron chi connectivity index (χ2n) is 3.94. The van der Waals surface area contributed by atoms with Gasteiger partial charge in [0, 0.05) is 23.8 Å². The first-order valence-electron chi connectivity index (χ1n) is 5.76. The van der Waals surface area contributed by atoms with Gasteiger partial charge in [0.1, 0.15) is 30.0 Å². The monoisotopic (exact) mass is 286 g/mol. The summed E-state index contributed by atoms with van der Waals surface area (Å²) >= 11 is 1.43. The van der Waals surface area contributed by atoms with Gasteiger partial charge in [-0.15, -0.1) is 11.3 Å². The lowest BCUT2D eigenvalue weighted by Gasteiger charge is -2.04. The van der Waals surface area contributed by atoms with E-state index in [2.05, 4.69) is 25.3 Å². The van der Waals surface area contributed by atoms with Crippen LogP contribution in [0.3, 0.4) is 0 Å². The van der Waals surface area contributed by atoms with E-state index in [1.54, 1.807) is 34.7 Å². The first kappa shape index (κ1) is 12.4. The van der Waals surface area contributed by atoms with Gasteiger partial charge in [-0.2, -0.15) is 0 Å². The lowest BCUT2D eigenvalue weighted by molar-refractivity contribution is 0.102. The Morgan fingerprint density at radius 3 is 3.00 bits per heavy atom. The Morgan fingerprint density at radius 1 is 1.40 bits per heavy atom. The third-order valence-electron chi connectivity index (χ3n) is 2.51. The lowest BCUT2D eigenvalue weighted by atomic mass is 10.4. The maximum Gasteiger partial charge on any atom is 0.276 e. The Balaban J connectivity index is 1.81. The summed E-state index contributed by atoms with van der Waals surface area (Å²) in [7, 11) is 0. The number of imidazole rings is 1. The normalized spacial score (nSPS) is 10.4. The van der Waals surface area contributed by atoms with Crippen molar-refractivity contribution in [3.63, 3.8) is 0 Å². The molecule has 0 atom stereocenters. The molecule has 20 heavy (non-hydrogen) atoms. The van der Waals surface area contributed by atoms with Crippen LogP contribution in [0.1, 0.15) is 15.5 Å². The summed E-state index contributed by atoms with van der Waals surface area (Å²) in [4.78, 5) is 28.2. The van der Waals surface area contributed by atoms with Crippen LogP contribution in [0.25, 0.3) is 5.82 Å². The van der Waals surface area contributed by atoms with Crippen LogP contribution in [-0.2, 0) is 0 Å². The van der Waals surface area contributed by atoms with Gasteiger partial charge in [0.05, 0.1) is 5.01 Å². The molecule has 8 heteroatoms. The molecule has 3 heterocycles. The maximum atomic E-state index is 12.0. The number of nitrogens with one attached hydrogen (secondary N) is 1. The van der Waals surface area contributed by atoms with Gasteiger partial charge >= 0.3 is 0 Å². The lowest BCUT2D eigenvalue weighted by Crippen LogP contribution is -2.14. The number of hydrogen-bond donors (Lipinski definition) is 1. The van der Waals surface area contributed by atoms with Gasteiger partial charge in [0.25, 0.3) is 5.91 Å². The standard InChI is InChI=1S/C12H10N6OS/c1-8-16-9(5-20-8)12(19)17-10-4-11(15-6-14-10)18-3-2-13-7-18/h2-7H,1H3,(H,14,15,17,19). The second kappa shape index (κ2) is 5.17. The zero-order chi connectivity index (χ0) is 13.9. The van der Waals surface area contributed by atoms with Crippen LogP contribution in [0.2, 0.25) is 0 Å². The number of amides is 1. The number of carbonyl (C=O) groups excluding carboxylic acids is 1. The average molecular weight is 286 g/mol. The molecule has 0 aromatic carbocycles. The van der Waals surface area contributed by atoms with Crippen molar-refractivity contribution in [2.45, 2.75) is 6.92 Å². The number of aryl methyl sites for hydroxylation is 1. The first-order valence-corrected chi connectivity index (χ1v) is 6.64. The van der Waals surface area contributed by atoms with Crippen molar-refractivity contribution in [1.82, 2.24) is 24.5 Å². The van der Waals surface area contributed by atoms with Crippen LogP contribution >= 0.6 is 11.3 Å². The van der Waals surface area contributed by atoms with E-state index in [1.165, 1.54) is 17.7 Å². The molecular weight excluding hydrogens is 276 g/mol. The number of hydrogen-bond acceptors (Lipinski definition) is 6. The number of nitrogens with zero attached hydrogens (tertiary/aromatic N) is 5. The minimum atomic E-state index is -0.287. The van der Waals surface area contributed by atoms with E-state index >= 15 is 0 Å². The van der Waals surface area contributed by atoms with E-state index in [0.29, 0.717) is 17.3 Å². The molecule has 3 aromatic heterocycles.